The van der Waals surface area contributed by atoms with E-state index in [-0.39, 0.29) is 18.5 Å². The molecule has 0 bridgehead atoms. The fourth-order valence-electron chi connectivity index (χ4n) is 1.93. The number of likely N-dealkylation sites (N-methyl/N-ethyl adjacent to an activating group) is 1. The number of esters is 1. The lowest BCUT2D eigenvalue weighted by Gasteiger charge is -2.19. The van der Waals surface area contributed by atoms with Crippen molar-refractivity contribution in [2.45, 2.75) is 25.6 Å². The molecular formula is C17H16ClF3N2O3. The highest BCUT2D eigenvalue weighted by molar-refractivity contribution is 6.31. The first-order valence-electron chi connectivity index (χ1n) is 7.43. The van der Waals surface area contributed by atoms with Crippen molar-refractivity contribution in [3.05, 3.63) is 40.4 Å². The standard InChI is InChI=1S/C17H16ClF3N2O3/c1-11(16(25)23(2)9-3-8-22)26-15(24)7-5-12-4-6-14(18)13(10-12)17(19,20)21/h4-7,10-11H,3,9H2,1-2H3/b7-5+/t11-/m0/s1. The van der Waals surface area contributed by atoms with Crippen LogP contribution in [0.3, 0.4) is 0 Å². The minimum absolute atomic E-state index is 0.101. The van der Waals surface area contributed by atoms with Gasteiger partial charge < -0.3 is 9.64 Å². The van der Waals surface area contributed by atoms with E-state index in [1.165, 1.54) is 24.9 Å². The summed E-state index contributed by atoms with van der Waals surface area (Å²) in [5.74, 6) is -1.38. The third kappa shape index (κ3) is 6.41. The van der Waals surface area contributed by atoms with Gasteiger partial charge in [-0.2, -0.15) is 18.4 Å². The molecule has 0 unspecified atom stereocenters. The van der Waals surface area contributed by atoms with Gasteiger partial charge in [-0.05, 0) is 30.7 Å². The lowest BCUT2D eigenvalue weighted by atomic mass is 10.1. The Kier molecular flexibility index (Phi) is 7.65. The van der Waals surface area contributed by atoms with Gasteiger partial charge in [0.15, 0.2) is 6.10 Å². The summed E-state index contributed by atoms with van der Waals surface area (Å²) in [6.07, 6.45) is -3.52. The van der Waals surface area contributed by atoms with Gasteiger partial charge in [0.05, 0.1) is 23.1 Å². The number of hydrogen-bond acceptors (Lipinski definition) is 4. The van der Waals surface area contributed by atoms with E-state index in [0.717, 1.165) is 24.3 Å². The highest BCUT2D eigenvalue weighted by Crippen LogP contribution is 2.35. The van der Waals surface area contributed by atoms with Crippen molar-refractivity contribution in [2.24, 2.45) is 0 Å². The Morgan fingerprint density at radius 1 is 1.42 bits per heavy atom. The van der Waals surface area contributed by atoms with Crippen LogP contribution in [-0.2, 0) is 20.5 Å². The van der Waals surface area contributed by atoms with E-state index >= 15 is 0 Å². The van der Waals surface area contributed by atoms with Gasteiger partial charge in [0.1, 0.15) is 0 Å². The van der Waals surface area contributed by atoms with Crippen LogP contribution in [0.5, 0.6) is 0 Å². The van der Waals surface area contributed by atoms with E-state index in [1.807, 2.05) is 6.07 Å². The van der Waals surface area contributed by atoms with Crippen LogP contribution in [0.1, 0.15) is 24.5 Å². The SMILES string of the molecule is C[C@H](OC(=O)/C=C/c1ccc(Cl)c(C(F)(F)F)c1)C(=O)N(C)CCC#N. The molecule has 0 aliphatic carbocycles. The lowest BCUT2D eigenvalue weighted by Crippen LogP contribution is -2.37. The minimum Gasteiger partial charge on any atom is -0.449 e. The van der Waals surface area contributed by atoms with Crippen molar-refractivity contribution in [1.82, 2.24) is 4.90 Å². The Bertz CT molecular complexity index is 742. The van der Waals surface area contributed by atoms with Gasteiger partial charge in [-0.3, -0.25) is 4.79 Å². The first-order valence-corrected chi connectivity index (χ1v) is 7.81. The van der Waals surface area contributed by atoms with E-state index < -0.39 is 34.7 Å². The van der Waals surface area contributed by atoms with Crippen molar-refractivity contribution < 1.29 is 27.5 Å². The molecule has 0 aromatic heterocycles. The van der Waals surface area contributed by atoms with Crippen molar-refractivity contribution in [2.75, 3.05) is 13.6 Å². The average molecular weight is 389 g/mol. The number of halogens is 4. The second-order valence-electron chi connectivity index (χ2n) is 5.32. The lowest BCUT2D eigenvalue weighted by molar-refractivity contribution is -0.154. The molecule has 9 heteroatoms. The van der Waals surface area contributed by atoms with Gasteiger partial charge in [-0.1, -0.05) is 17.7 Å². The summed E-state index contributed by atoms with van der Waals surface area (Å²) in [6, 6.07) is 5.08. The molecule has 0 heterocycles. The molecule has 1 rings (SSSR count). The summed E-state index contributed by atoms with van der Waals surface area (Å²) >= 11 is 5.52. The number of hydrogen-bond donors (Lipinski definition) is 0. The molecule has 0 N–H and O–H groups in total. The third-order valence-corrected chi connectivity index (χ3v) is 3.61. The normalized spacial score (nSPS) is 12.5. The van der Waals surface area contributed by atoms with Crippen LogP contribution in [0, 0.1) is 11.3 Å². The van der Waals surface area contributed by atoms with Crippen LogP contribution in [0.4, 0.5) is 13.2 Å². The number of benzene rings is 1. The quantitative estimate of drug-likeness (QED) is 0.550. The van der Waals surface area contributed by atoms with E-state index in [1.54, 1.807) is 0 Å². The van der Waals surface area contributed by atoms with Gasteiger partial charge in [-0.15, -0.1) is 0 Å². The first-order chi connectivity index (χ1) is 12.1. The zero-order valence-corrected chi connectivity index (χ0v) is 14.8. The van der Waals surface area contributed by atoms with Gasteiger partial charge in [0.2, 0.25) is 0 Å². The molecule has 0 saturated heterocycles. The number of ether oxygens (including phenoxy) is 1. The predicted molar refractivity (Wildman–Crippen MR) is 88.9 cm³/mol. The third-order valence-electron chi connectivity index (χ3n) is 3.28. The van der Waals surface area contributed by atoms with E-state index in [0.29, 0.717) is 0 Å². The number of rotatable bonds is 6. The summed E-state index contributed by atoms with van der Waals surface area (Å²) in [7, 11) is 1.46. The van der Waals surface area contributed by atoms with Crippen LogP contribution in [-0.4, -0.2) is 36.5 Å². The summed E-state index contributed by atoms with van der Waals surface area (Å²) in [4.78, 5) is 24.9. The van der Waals surface area contributed by atoms with Gasteiger partial charge in [-0.25, -0.2) is 4.79 Å². The Hall–Kier alpha value is -2.53. The molecule has 0 radical (unpaired) electrons. The molecule has 0 aliphatic rings. The van der Waals surface area contributed by atoms with Gasteiger partial charge in [0, 0.05) is 19.7 Å². The largest absolute Gasteiger partial charge is 0.449 e. The number of alkyl halides is 3. The molecule has 1 aromatic carbocycles. The molecule has 0 saturated carbocycles. The zero-order chi connectivity index (χ0) is 19.9. The predicted octanol–water partition coefficient (Wildman–Crippen LogP) is 3.68. The summed E-state index contributed by atoms with van der Waals surface area (Å²) in [5.41, 5.74) is -0.916. The highest BCUT2D eigenvalue weighted by Gasteiger charge is 2.33. The fourth-order valence-corrected chi connectivity index (χ4v) is 2.15. The summed E-state index contributed by atoms with van der Waals surface area (Å²) < 4.78 is 43.3. The summed E-state index contributed by atoms with van der Waals surface area (Å²) in [6.45, 7) is 1.55. The average Bonchev–Trinajstić information content (AvgIpc) is 2.57. The number of nitrogens with zero attached hydrogens (tertiary/aromatic N) is 2. The Balaban J connectivity index is 2.73. The first kappa shape index (κ1) is 21.5. The molecule has 1 aromatic rings. The summed E-state index contributed by atoms with van der Waals surface area (Å²) in [5, 5.41) is 8.04. The minimum atomic E-state index is -4.61. The Morgan fingerprint density at radius 2 is 2.08 bits per heavy atom. The van der Waals surface area contributed by atoms with Crippen molar-refractivity contribution in [1.29, 1.82) is 5.26 Å². The van der Waals surface area contributed by atoms with Crippen LogP contribution in [0.15, 0.2) is 24.3 Å². The molecule has 0 aliphatic heterocycles. The number of carbonyl (C=O) groups is 2. The second kappa shape index (κ2) is 9.25. The van der Waals surface area contributed by atoms with Crippen LogP contribution in [0.25, 0.3) is 6.08 Å². The fraction of sp³-hybridized carbons (Fsp3) is 0.353. The molecular weight excluding hydrogens is 373 g/mol. The number of nitriles is 1. The molecule has 140 valence electrons. The van der Waals surface area contributed by atoms with E-state index in [9.17, 15) is 22.8 Å². The van der Waals surface area contributed by atoms with Crippen molar-refractivity contribution in [3.63, 3.8) is 0 Å². The monoisotopic (exact) mass is 388 g/mol. The maximum Gasteiger partial charge on any atom is 0.417 e. The molecule has 0 spiro atoms. The number of amides is 1. The Labute approximate surface area is 153 Å². The van der Waals surface area contributed by atoms with Gasteiger partial charge >= 0.3 is 12.1 Å². The van der Waals surface area contributed by atoms with Crippen LogP contribution in [0.2, 0.25) is 5.02 Å². The topological polar surface area (TPSA) is 70.4 Å². The second-order valence-corrected chi connectivity index (χ2v) is 5.72. The van der Waals surface area contributed by atoms with Crippen molar-refractivity contribution in [3.8, 4) is 6.07 Å². The Morgan fingerprint density at radius 3 is 2.65 bits per heavy atom. The molecule has 0 fully saturated rings. The maximum atomic E-state index is 12.8. The highest BCUT2D eigenvalue weighted by atomic mass is 35.5. The zero-order valence-electron chi connectivity index (χ0n) is 14.0. The molecule has 1 amide bonds. The molecule has 1 atom stereocenters. The van der Waals surface area contributed by atoms with Crippen LogP contribution >= 0.6 is 11.6 Å². The molecule has 26 heavy (non-hydrogen) atoms. The van der Waals surface area contributed by atoms with E-state index in [2.05, 4.69) is 0 Å². The van der Waals surface area contributed by atoms with Crippen molar-refractivity contribution >= 4 is 29.6 Å². The van der Waals surface area contributed by atoms with Crippen LogP contribution < -0.4 is 0 Å². The number of carbonyl (C=O) groups excluding carboxylic acids is 2. The van der Waals surface area contributed by atoms with E-state index in [4.69, 9.17) is 21.6 Å². The maximum absolute atomic E-state index is 12.8. The van der Waals surface area contributed by atoms with Gasteiger partial charge in [0.25, 0.3) is 5.91 Å². The smallest absolute Gasteiger partial charge is 0.417 e. The molecule has 5 nitrogen and oxygen atoms in total.